The maximum absolute atomic E-state index is 11.7. The molecule has 6 heteroatoms. The molecule has 0 heterocycles. The number of hydrogen-bond acceptors (Lipinski definition) is 5. The number of ketones is 1. The van der Waals surface area contributed by atoms with E-state index in [4.69, 9.17) is 4.74 Å². The number of hydrogen-bond donors (Lipinski definition) is 1. The first kappa shape index (κ1) is 14.5. The Kier molecular flexibility index (Phi) is 3.98. The summed E-state index contributed by atoms with van der Waals surface area (Å²) in [6.07, 6.45) is -0.260. The Balaban J connectivity index is 2.78. The quantitative estimate of drug-likeness (QED) is 0.751. The minimum Gasteiger partial charge on any atom is -0.467 e. The van der Waals surface area contributed by atoms with Crippen LogP contribution in [-0.2, 0) is 19.1 Å². The highest BCUT2D eigenvalue weighted by atomic mass is 16.6. The average molecular weight is 257 g/mol. The normalized spacial score (nSPS) is 23.7. The minimum absolute atomic E-state index is 0.0427. The molecule has 18 heavy (non-hydrogen) atoms. The highest BCUT2D eigenvalue weighted by Crippen LogP contribution is 2.28. The Morgan fingerprint density at radius 3 is 2.33 bits per heavy atom. The van der Waals surface area contributed by atoms with Crippen LogP contribution in [0.3, 0.4) is 0 Å². The van der Waals surface area contributed by atoms with Gasteiger partial charge in [0.25, 0.3) is 0 Å². The first-order valence-electron chi connectivity index (χ1n) is 5.80. The zero-order valence-electron chi connectivity index (χ0n) is 11.2. The molecule has 1 rings (SSSR count). The second-order valence-corrected chi connectivity index (χ2v) is 5.42. The van der Waals surface area contributed by atoms with E-state index in [1.165, 1.54) is 7.11 Å². The standard InChI is InChI=1S/C12H19NO5/c1-11(2,3)18-10(16)13-12(9(15)17-4)6-5-8(14)7-12/h5-7H2,1-4H3,(H,13,16)/t12-/m0/s1. The lowest BCUT2D eigenvalue weighted by atomic mass is 9.98. The molecule has 0 aliphatic heterocycles. The molecule has 0 bridgehead atoms. The number of rotatable bonds is 2. The van der Waals surface area contributed by atoms with Crippen LogP contribution >= 0.6 is 0 Å². The van der Waals surface area contributed by atoms with Gasteiger partial charge in [-0.1, -0.05) is 0 Å². The van der Waals surface area contributed by atoms with E-state index in [0.717, 1.165) is 0 Å². The van der Waals surface area contributed by atoms with Crippen molar-refractivity contribution < 1.29 is 23.9 Å². The highest BCUT2D eigenvalue weighted by Gasteiger charge is 2.48. The average Bonchev–Trinajstić information content (AvgIpc) is 2.57. The van der Waals surface area contributed by atoms with Crippen molar-refractivity contribution in [2.24, 2.45) is 0 Å². The van der Waals surface area contributed by atoms with Crippen LogP contribution in [0, 0.1) is 0 Å². The van der Waals surface area contributed by atoms with Crippen molar-refractivity contribution in [3.8, 4) is 0 Å². The van der Waals surface area contributed by atoms with Gasteiger partial charge in [-0.25, -0.2) is 9.59 Å². The van der Waals surface area contributed by atoms with Crippen molar-refractivity contribution in [3.05, 3.63) is 0 Å². The molecule has 0 aromatic heterocycles. The van der Waals surface area contributed by atoms with E-state index in [1.807, 2.05) is 0 Å². The maximum atomic E-state index is 11.7. The maximum Gasteiger partial charge on any atom is 0.408 e. The van der Waals surface area contributed by atoms with Gasteiger partial charge in [0.05, 0.1) is 7.11 Å². The lowest BCUT2D eigenvalue weighted by Gasteiger charge is -2.28. The molecule has 0 aromatic carbocycles. The van der Waals surface area contributed by atoms with Crippen molar-refractivity contribution in [2.45, 2.75) is 51.2 Å². The summed E-state index contributed by atoms with van der Waals surface area (Å²) in [4.78, 5) is 34.8. The number of ether oxygens (including phenoxy) is 2. The van der Waals surface area contributed by atoms with E-state index in [2.05, 4.69) is 10.1 Å². The Morgan fingerprint density at radius 1 is 1.33 bits per heavy atom. The van der Waals surface area contributed by atoms with Gasteiger partial charge in [-0.3, -0.25) is 4.79 Å². The van der Waals surface area contributed by atoms with Crippen LogP contribution in [0.25, 0.3) is 0 Å². The van der Waals surface area contributed by atoms with Gasteiger partial charge >= 0.3 is 12.1 Å². The Labute approximate surface area is 106 Å². The number of nitrogens with one attached hydrogen (secondary N) is 1. The third kappa shape index (κ3) is 3.45. The van der Waals surface area contributed by atoms with Crippen molar-refractivity contribution in [1.29, 1.82) is 0 Å². The summed E-state index contributed by atoms with van der Waals surface area (Å²) in [7, 11) is 1.23. The number of methoxy groups -OCH3 is 1. The summed E-state index contributed by atoms with van der Waals surface area (Å²) in [5.74, 6) is -0.685. The predicted octanol–water partition coefficient (Wildman–Crippen LogP) is 1.18. The monoisotopic (exact) mass is 257 g/mol. The van der Waals surface area contributed by atoms with Crippen LogP contribution in [-0.4, -0.2) is 36.1 Å². The van der Waals surface area contributed by atoms with Crippen LogP contribution in [0.5, 0.6) is 0 Å². The van der Waals surface area contributed by atoms with Gasteiger partial charge in [-0.05, 0) is 27.2 Å². The fourth-order valence-corrected chi connectivity index (χ4v) is 1.89. The second-order valence-electron chi connectivity index (χ2n) is 5.42. The second kappa shape index (κ2) is 4.96. The Bertz CT molecular complexity index is 371. The molecule has 0 radical (unpaired) electrons. The van der Waals surface area contributed by atoms with Crippen LogP contribution < -0.4 is 5.32 Å². The lowest BCUT2D eigenvalue weighted by Crippen LogP contribution is -2.54. The molecule has 1 amide bonds. The summed E-state index contributed by atoms with van der Waals surface area (Å²) >= 11 is 0. The van der Waals surface area contributed by atoms with Crippen molar-refractivity contribution >= 4 is 17.8 Å². The molecule has 0 unspecified atom stereocenters. The molecule has 1 N–H and O–H groups in total. The van der Waals surface area contributed by atoms with Gasteiger partial charge in [0.1, 0.15) is 16.9 Å². The van der Waals surface area contributed by atoms with E-state index < -0.39 is 23.2 Å². The van der Waals surface area contributed by atoms with E-state index in [1.54, 1.807) is 20.8 Å². The zero-order chi connectivity index (χ0) is 14.0. The zero-order valence-corrected chi connectivity index (χ0v) is 11.2. The van der Waals surface area contributed by atoms with Gasteiger partial charge in [0, 0.05) is 12.8 Å². The first-order valence-corrected chi connectivity index (χ1v) is 5.80. The molecule has 1 aliphatic carbocycles. The largest absolute Gasteiger partial charge is 0.467 e. The van der Waals surface area contributed by atoms with Crippen molar-refractivity contribution in [3.63, 3.8) is 0 Å². The van der Waals surface area contributed by atoms with E-state index >= 15 is 0 Å². The number of carbonyl (C=O) groups is 3. The fourth-order valence-electron chi connectivity index (χ4n) is 1.89. The number of Topliss-reactive ketones (excluding diaryl/α,β-unsaturated/α-hetero) is 1. The van der Waals surface area contributed by atoms with Crippen LogP contribution in [0.15, 0.2) is 0 Å². The Morgan fingerprint density at radius 2 is 1.94 bits per heavy atom. The fraction of sp³-hybridized carbons (Fsp3) is 0.750. The molecule has 1 aliphatic rings. The number of alkyl carbamates (subject to hydrolysis) is 1. The molecule has 0 aromatic rings. The molecular weight excluding hydrogens is 238 g/mol. The Hall–Kier alpha value is -1.59. The van der Waals surface area contributed by atoms with Crippen molar-refractivity contribution in [1.82, 2.24) is 5.32 Å². The molecular formula is C12H19NO5. The number of esters is 1. The topological polar surface area (TPSA) is 81.7 Å². The van der Waals surface area contributed by atoms with E-state index in [0.29, 0.717) is 0 Å². The molecule has 102 valence electrons. The summed E-state index contributed by atoms with van der Waals surface area (Å²) < 4.78 is 9.74. The minimum atomic E-state index is -1.27. The predicted molar refractivity (Wildman–Crippen MR) is 63.0 cm³/mol. The first-order chi connectivity index (χ1) is 8.18. The number of amides is 1. The highest BCUT2D eigenvalue weighted by molar-refractivity contribution is 5.95. The van der Waals surface area contributed by atoms with Gasteiger partial charge in [-0.15, -0.1) is 0 Å². The SMILES string of the molecule is COC(=O)[C@]1(NC(=O)OC(C)(C)C)CCC(=O)C1. The summed E-state index contributed by atoms with van der Waals surface area (Å²) in [5.41, 5.74) is -1.93. The summed E-state index contributed by atoms with van der Waals surface area (Å²) in [6.45, 7) is 5.16. The van der Waals surface area contributed by atoms with Gasteiger partial charge in [0.2, 0.25) is 0 Å². The third-order valence-electron chi connectivity index (χ3n) is 2.65. The molecule has 1 atom stereocenters. The van der Waals surface area contributed by atoms with Crippen LogP contribution in [0.2, 0.25) is 0 Å². The molecule has 0 spiro atoms. The number of carbonyl (C=O) groups excluding carboxylic acids is 3. The smallest absolute Gasteiger partial charge is 0.408 e. The van der Waals surface area contributed by atoms with E-state index in [9.17, 15) is 14.4 Å². The molecule has 1 fully saturated rings. The third-order valence-corrected chi connectivity index (χ3v) is 2.65. The van der Waals surface area contributed by atoms with Gasteiger partial charge < -0.3 is 14.8 Å². The van der Waals surface area contributed by atoms with Crippen LogP contribution in [0.4, 0.5) is 4.79 Å². The summed E-state index contributed by atoms with van der Waals surface area (Å²) in [6, 6.07) is 0. The molecule has 1 saturated carbocycles. The summed E-state index contributed by atoms with van der Waals surface area (Å²) in [5, 5.41) is 2.47. The lowest BCUT2D eigenvalue weighted by molar-refractivity contribution is -0.149. The molecule has 6 nitrogen and oxygen atoms in total. The molecule has 0 saturated heterocycles. The van der Waals surface area contributed by atoms with Gasteiger partial charge in [-0.2, -0.15) is 0 Å². The van der Waals surface area contributed by atoms with E-state index in [-0.39, 0.29) is 25.0 Å². The van der Waals surface area contributed by atoms with Crippen molar-refractivity contribution in [2.75, 3.05) is 7.11 Å². The van der Waals surface area contributed by atoms with Crippen LogP contribution in [0.1, 0.15) is 40.0 Å². The van der Waals surface area contributed by atoms with Gasteiger partial charge in [0.15, 0.2) is 0 Å².